The second kappa shape index (κ2) is 3.72. The number of rotatable bonds is 3. The van der Waals surface area contributed by atoms with Crippen molar-refractivity contribution in [3.8, 4) is 0 Å². The predicted octanol–water partition coefficient (Wildman–Crippen LogP) is 1.18. The van der Waals surface area contributed by atoms with E-state index < -0.39 is 0 Å². The molecule has 0 radical (unpaired) electrons. The molecule has 0 aromatic carbocycles. The van der Waals surface area contributed by atoms with Gasteiger partial charge in [-0.1, -0.05) is 0 Å². The Morgan fingerprint density at radius 1 is 1.58 bits per heavy atom. The SMILES string of the molecule is CC1=C(O)C(=O)C(CCCO)C1. The molecule has 12 heavy (non-hydrogen) atoms. The summed E-state index contributed by atoms with van der Waals surface area (Å²) in [6.07, 6.45) is 1.97. The maximum Gasteiger partial charge on any atom is 0.200 e. The summed E-state index contributed by atoms with van der Waals surface area (Å²) in [5, 5.41) is 17.8. The molecule has 0 amide bonds. The molecule has 2 N–H and O–H groups in total. The van der Waals surface area contributed by atoms with Crippen molar-refractivity contribution in [2.45, 2.75) is 26.2 Å². The summed E-state index contributed by atoms with van der Waals surface area (Å²) >= 11 is 0. The van der Waals surface area contributed by atoms with Crippen molar-refractivity contribution >= 4 is 5.78 Å². The van der Waals surface area contributed by atoms with Crippen molar-refractivity contribution in [2.24, 2.45) is 5.92 Å². The van der Waals surface area contributed by atoms with E-state index in [2.05, 4.69) is 0 Å². The van der Waals surface area contributed by atoms with Gasteiger partial charge in [0.05, 0.1) is 0 Å². The maximum absolute atomic E-state index is 11.2. The molecule has 0 aliphatic heterocycles. The Morgan fingerprint density at radius 3 is 2.67 bits per heavy atom. The van der Waals surface area contributed by atoms with Crippen LogP contribution in [-0.4, -0.2) is 22.6 Å². The third-order valence-corrected chi connectivity index (χ3v) is 2.27. The number of carbonyl (C=O) groups is 1. The number of aliphatic hydroxyl groups is 2. The van der Waals surface area contributed by atoms with E-state index >= 15 is 0 Å². The number of hydrogen-bond acceptors (Lipinski definition) is 3. The highest BCUT2D eigenvalue weighted by atomic mass is 16.3. The molecule has 0 fully saturated rings. The summed E-state index contributed by atoms with van der Waals surface area (Å²) in [4.78, 5) is 11.2. The lowest BCUT2D eigenvalue weighted by Gasteiger charge is -2.05. The van der Waals surface area contributed by atoms with Gasteiger partial charge in [-0.15, -0.1) is 0 Å². The molecule has 0 bridgehead atoms. The molecule has 3 heteroatoms. The highest BCUT2D eigenvalue weighted by molar-refractivity contribution is 5.98. The number of ketones is 1. The molecular weight excluding hydrogens is 156 g/mol. The molecule has 0 aromatic rings. The van der Waals surface area contributed by atoms with E-state index in [1.165, 1.54) is 0 Å². The molecule has 68 valence electrons. The van der Waals surface area contributed by atoms with Gasteiger partial charge in [0.15, 0.2) is 11.5 Å². The van der Waals surface area contributed by atoms with Crippen LogP contribution in [0.4, 0.5) is 0 Å². The van der Waals surface area contributed by atoms with Crippen LogP contribution in [0.2, 0.25) is 0 Å². The summed E-state index contributed by atoms with van der Waals surface area (Å²) in [5.74, 6) is -0.295. The molecule has 0 saturated carbocycles. The first-order valence-electron chi connectivity index (χ1n) is 4.20. The molecular formula is C9H14O3. The molecule has 1 aliphatic rings. The van der Waals surface area contributed by atoms with Crippen LogP contribution in [0.15, 0.2) is 11.3 Å². The van der Waals surface area contributed by atoms with E-state index in [9.17, 15) is 9.90 Å². The van der Waals surface area contributed by atoms with Crippen LogP contribution in [0, 0.1) is 5.92 Å². The minimum atomic E-state index is -0.152. The largest absolute Gasteiger partial charge is 0.504 e. The average Bonchev–Trinajstić information content (AvgIpc) is 2.30. The number of carbonyl (C=O) groups excluding carboxylic acids is 1. The molecule has 0 heterocycles. The topological polar surface area (TPSA) is 57.5 Å². The Morgan fingerprint density at radius 2 is 2.25 bits per heavy atom. The third-order valence-electron chi connectivity index (χ3n) is 2.27. The number of Topliss-reactive ketones (excluding diaryl/α,β-unsaturated/α-hetero) is 1. The first kappa shape index (κ1) is 9.26. The van der Waals surface area contributed by atoms with Crippen LogP contribution in [0.3, 0.4) is 0 Å². The van der Waals surface area contributed by atoms with Gasteiger partial charge >= 0.3 is 0 Å². The first-order valence-corrected chi connectivity index (χ1v) is 4.20. The van der Waals surface area contributed by atoms with Gasteiger partial charge in [-0.05, 0) is 31.8 Å². The van der Waals surface area contributed by atoms with E-state index in [0.717, 1.165) is 5.57 Å². The van der Waals surface area contributed by atoms with E-state index in [0.29, 0.717) is 19.3 Å². The molecule has 1 rings (SSSR count). The normalized spacial score (nSPS) is 23.8. The van der Waals surface area contributed by atoms with Gasteiger partial charge in [-0.3, -0.25) is 4.79 Å². The Labute approximate surface area is 71.7 Å². The van der Waals surface area contributed by atoms with Crippen LogP contribution in [-0.2, 0) is 4.79 Å². The minimum Gasteiger partial charge on any atom is -0.504 e. The zero-order valence-corrected chi connectivity index (χ0v) is 7.21. The lowest BCUT2D eigenvalue weighted by molar-refractivity contribution is -0.120. The third kappa shape index (κ3) is 1.67. The molecule has 1 aliphatic carbocycles. The number of allylic oxidation sites excluding steroid dienone is 2. The van der Waals surface area contributed by atoms with Gasteiger partial charge in [0.2, 0.25) is 0 Å². The average molecular weight is 170 g/mol. The second-order valence-electron chi connectivity index (χ2n) is 3.26. The molecule has 1 unspecified atom stereocenters. The highest BCUT2D eigenvalue weighted by Gasteiger charge is 2.29. The highest BCUT2D eigenvalue weighted by Crippen LogP contribution is 2.29. The zero-order valence-electron chi connectivity index (χ0n) is 7.21. The number of hydrogen-bond donors (Lipinski definition) is 2. The maximum atomic E-state index is 11.2. The van der Waals surface area contributed by atoms with Crippen molar-refractivity contribution in [1.29, 1.82) is 0 Å². The van der Waals surface area contributed by atoms with E-state index in [1.54, 1.807) is 6.92 Å². The van der Waals surface area contributed by atoms with Gasteiger partial charge in [0, 0.05) is 12.5 Å². The summed E-state index contributed by atoms with van der Waals surface area (Å²) in [7, 11) is 0. The molecule has 0 spiro atoms. The van der Waals surface area contributed by atoms with Crippen LogP contribution in [0.25, 0.3) is 0 Å². The molecule has 0 saturated heterocycles. The monoisotopic (exact) mass is 170 g/mol. The Hall–Kier alpha value is -0.830. The van der Waals surface area contributed by atoms with Gasteiger partial charge in [0.1, 0.15) is 0 Å². The minimum absolute atomic E-state index is 0.0575. The van der Waals surface area contributed by atoms with Gasteiger partial charge < -0.3 is 10.2 Å². The van der Waals surface area contributed by atoms with Gasteiger partial charge in [0.25, 0.3) is 0 Å². The Balaban J connectivity index is 2.49. The van der Waals surface area contributed by atoms with Crippen molar-refractivity contribution in [3.05, 3.63) is 11.3 Å². The second-order valence-corrected chi connectivity index (χ2v) is 3.26. The molecule has 3 nitrogen and oxygen atoms in total. The van der Waals surface area contributed by atoms with Crippen molar-refractivity contribution < 1.29 is 15.0 Å². The standard InChI is InChI=1S/C9H14O3/c1-6-5-7(3-2-4-10)9(12)8(6)11/h7,10-11H,2-5H2,1H3. The van der Waals surface area contributed by atoms with E-state index in [4.69, 9.17) is 5.11 Å². The fraction of sp³-hybridized carbons (Fsp3) is 0.667. The Kier molecular flexibility index (Phi) is 2.87. The fourth-order valence-electron chi connectivity index (χ4n) is 1.53. The van der Waals surface area contributed by atoms with Crippen LogP contribution in [0.1, 0.15) is 26.2 Å². The Bertz CT molecular complexity index is 218. The number of aliphatic hydroxyl groups excluding tert-OH is 2. The lowest BCUT2D eigenvalue weighted by atomic mass is 9.99. The fourth-order valence-corrected chi connectivity index (χ4v) is 1.53. The van der Waals surface area contributed by atoms with Crippen LogP contribution >= 0.6 is 0 Å². The van der Waals surface area contributed by atoms with Crippen LogP contribution in [0.5, 0.6) is 0 Å². The van der Waals surface area contributed by atoms with Gasteiger partial charge in [-0.25, -0.2) is 0 Å². The van der Waals surface area contributed by atoms with E-state index in [-0.39, 0.29) is 24.1 Å². The van der Waals surface area contributed by atoms with Crippen molar-refractivity contribution in [3.63, 3.8) is 0 Å². The van der Waals surface area contributed by atoms with Crippen LogP contribution < -0.4 is 0 Å². The van der Waals surface area contributed by atoms with E-state index in [1.807, 2.05) is 0 Å². The van der Waals surface area contributed by atoms with Gasteiger partial charge in [-0.2, -0.15) is 0 Å². The lowest BCUT2D eigenvalue weighted by Crippen LogP contribution is -2.10. The summed E-state index contributed by atoms with van der Waals surface area (Å²) in [6.45, 7) is 1.88. The summed E-state index contributed by atoms with van der Waals surface area (Å²) in [5.41, 5.74) is 0.780. The predicted molar refractivity (Wildman–Crippen MR) is 44.8 cm³/mol. The molecule has 1 atom stereocenters. The van der Waals surface area contributed by atoms with Crippen molar-refractivity contribution in [1.82, 2.24) is 0 Å². The quantitative estimate of drug-likeness (QED) is 0.668. The smallest absolute Gasteiger partial charge is 0.200 e. The zero-order chi connectivity index (χ0) is 9.14. The first-order chi connectivity index (χ1) is 5.66. The molecule has 0 aromatic heterocycles. The summed E-state index contributed by atoms with van der Waals surface area (Å²) < 4.78 is 0. The van der Waals surface area contributed by atoms with Crippen molar-refractivity contribution in [2.75, 3.05) is 6.61 Å². The summed E-state index contributed by atoms with van der Waals surface area (Å²) in [6, 6.07) is 0.